The lowest BCUT2D eigenvalue weighted by Crippen LogP contribution is -2.06. The zero-order valence-electron chi connectivity index (χ0n) is 10.8. The van der Waals surface area contributed by atoms with Gasteiger partial charge in [-0.15, -0.1) is 5.10 Å². The van der Waals surface area contributed by atoms with Gasteiger partial charge in [-0.2, -0.15) is 0 Å². The summed E-state index contributed by atoms with van der Waals surface area (Å²) in [6.07, 6.45) is 0.593. The second kappa shape index (κ2) is 5.26. The van der Waals surface area contributed by atoms with Crippen LogP contribution in [0.2, 0.25) is 0 Å². The number of anilines is 1. The summed E-state index contributed by atoms with van der Waals surface area (Å²) in [7, 11) is 0. The van der Waals surface area contributed by atoms with Gasteiger partial charge in [0.15, 0.2) is 5.65 Å². The summed E-state index contributed by atoms with van der Waals surface area (Å²) in [4.78, 5) is 4.17. The molecule has 0 amide bonds. The lowest BCUT2D eigenvalue weighted by Gasteiger charge is -2.17. The molecule has 2 aromatic heterocycles. The molecule has 0 fully saturated rings. The number of benzene rings is 1. The van der Waals surface area contributed by atoms with E-state index >= 15 is 0 Å². The Bertz CT molecular complexity index is 710. The molecule has 0 aliphatic heterocycles. The maximum atomic E-state index is 9.36. The first-order valence-corrected chi connectivity index (χ1v) is 6.42. The average molecular weight is 269 g/mol. The van der Waals surface area contributed by atoms with Crippen molar-refractivity contribution in [2.24, 2.45) is 0 Å². The van der Waals surface area contributed by atoms with Crippen molar-refractivity contribution in [1.29, 1.82) is 0 Å². The van der Waals surface area contributed by atoms with E-state index < -0.39 is 0 Å². The number of nitrogens with zero attached hydrogens (tertiary/aromatic N) is 3. The Balaban J connectivity index is 2.16. The summed E-state index contributed by atoms with van der Waals surface area (Å²) in [6, 6.07) is 11.8. The van der Waals surface area contributed by atoms with E-state index in [1.165, 1.54) is 0 Å². The number of nitrogen functional groups attached to an aromatic ring is 1. The average Bonchev–Trinajstić information content (AvgIpc) is 2.93. The van der Waals surface area contributed by atoms with E-state index in [0.717, 1.165) is 11.1 Å². The molecule has 0 bridgehead atoms. The Morgan fingerprint density at radius 1 is 1.25 bits per heavy atom. The quantitative estimate of drug-likeness (QED) is 0.665. The highest BCUT2D eigenvalue weighted by molar-refractivity contribution is 5.77. The van der Waals surface area contributed by atoms with Gasteiger partial charge >= 0.3 is 0 Å². The fraction of sp³-hybridized carbons (Fsp3) is 0.214. The lowest BCUT2D eigenvalue weighted by molar-refractivity contribution is 0.282. The molecule has 0 spiro atoms. The molecule has 1 atom stereocenters. The molecule has 6 nitrogen and oxygen atoms in total. The van der Waals surface area contributed by atoms with Gasteiger partial charge in [0.25, 0.3) is 0 Å². The Kier molecular flexibility index (Phi) is 3.30. The van der Waals surface area contributed by atoms with E-state index in [0.29, 0.717) is 23.4 Å². The number of aliphatic hydroxyl groups is 1. The maximum Gasteiger partial charge on any atom is 0.178 e. The summed E-state index contributed by atoms with van der Waals surface area (Å²) in [6.45, 7) is 0.0845. The number of fused-ring (bicyclic) bond motifs is 1. The van der Waals surface area contributed by atoms with Crippen molar-refractivity contribution >= 4 is 17.0 Å². The highest BCUT2D eigenvalue weighted by Gasteiger charge is 2.19. The van der Waals surface area contributed by atoms with Gasteiger partial charge in [0.1, 0.15) is 11.3 Å². The summed E-state index contributed by atoms with van der Waals surface area (Å²) in [5.74, 6) is 0.427. The second-order valence-corrected chi connectivity index (χ2v) is 4.62. The third-order valence-corrected chi connectivity index (χ3v) is 3.34. The summed E-state index contributed by atoms with van der Waals surface area (Å²) in [5.41, 5.74) is 9.15. The number of H-pyrrole nitrogens is 1. The zero-order valence-corrected chi connectivity index (χ0v) is 10.8. The minimum absolute atomic E-state index is 0.0131. The summed E-state index contributed by atoms with van der Waals surface area (Å²) >= 11 is 0. The molecular formula is C14H15N5O. The van der Waals surface area contributed by atoms with Crippen LogP contribution in [0.25, 0.3) is 11.2 Å². The predicted molar refractivity (Wildman–Crippen MR) is 76.1 cm³/mol. The molecule has 6 heteroatoms. The number of pyridine rings is 1. The molecule has 1 unspecified atom stereocenters. The Morgan fingerprint density at radius 2 is 2.05 bits per heavy atom. The van der Waals surface area contributed by atoms with Crippen molar-refractivity contribution in [2.75, 3.05) is 12.3 Å². The molecular weight excluding hydrogens is 254 g/mol. The van der Waals surface area contributed by atoms with Crippen LogP contribution in [0.4, 0.5) is 5.82 Å². The van der Waals surface area contributed by atoms with Gasteiger partial charge in [-0.1, -0.05) is 35.5 Å². The fourth-order valence-electron chi connectivity index (χ4n) is 2.47. The molecule has 4 N–H and O–H groups in total. The van der Waals surface area contributed by atoms with E-state index in [9.17, 15) is 5.11 Å². The minimum Gasteiger partial charge on any atom is -0.396 e. The SMILES string of the molecule is Nc1cc(C(CCO)c2ccccc2)c2nn[nH]c2n1. The number of rotatable bonds is 4. The minimum atomic E-state index is 0.0131. The van der Waals surface area contributed by atoms with Crippen LogP contribution in [0.1, 0.15) is 23.5 Å². The maximum absolute atomic E-state index is 9.36. The number of aliphatic hydroxyl groups excluding tert-OH is 1. The highest BCUT2D eigenvalue weighted by Crippen LogP contribution is 2.32. The number of hydrogen-bond donors (Lipinski definition) is 3. The number of nitrogens with two attached hydrogens (primary N) is 1. The molecule has 0 saturated carbocycles. The Morgan fingerprint density at radius 3 is 2.80 bits per heavy atom. The van der Waals surface area contributed by atoms with Gasteiger partial charge < -0.3 is 10.8 Å². The van der Waals surface area contributed by atoms with Gasteiger partial charge in [0.2, 0.25) is 0 Å². The molecule has 1 aromatic carbocycles. The first kappa shape index (κ1) is 12.6. The van der Waals surface area contributed by atoms with Crippen LogP contribution in [0.3, 0.4) is 0 Å². The predicted octanol–water partition coefficient (Wildman–Crippen LogP) is 1.45. The van der Waals surface area contributed by atoms with E-state index in [4.69, 9.17) is 5.73 Å². The zero-order chi connectivity index (χ0) is 13.9. The number of aromatic amines is 1. The molecule has 102 valence electrons. The van der Waals surface area contributed by atoms with Crippen LogP contribution < -0.4 is 5.73 Å². The highest BCUT2D eigenvalue weighted by atomic mass is 16.3. The largest absolute Gasteiger partial charge is 0.396 e. The number of nitrogens with one attached hydrogen (secondary N) is 1. The molecule has 3 rings (SSSR count). The van der Waals surface area contributed by atoms with Gasteiger partial charge in [-0.05, 0) is 23.6 Å². The molecule has 0 aliphatic rings. The fourth-order valence-corrected chi connectivity index (χ4v) is 2.47. The third-order valence-electron chi connectivity index (χ3n) is 3.34. The summed E-state index contributed by atoms with van der Waals surface area (Å²) < 4.78 is 0. The van der Waals surface area contributed by atoms with Crippen LogP contribution >= 0.6 is 0 Å². The van der Waals surface area contributed by atoms with E-state index in [1.54, 1.807) is 6.07 Å². The Labute approximate surface area is 115 Å². The topological polar surface area (TPSA) is 101 Å². The van der Waals surface area contributed by atoms with Crippen molar-refractivity contribution in [2.45, 2.75) is 12.3 Å². The van der Waals surface area contributed by atoms with Crippen molar-refractivity contribution in [3.63, 3.8) is 0 Å². The van der Waals surface area contributed by atoms with Crippen LogP contribution in [-0.4, -0.2) is 32.1 Å². The van der Waals surface area contributed by atoms with Crippen molar-refractivity contribution in [3.05, 3.63) is 47.5 Å². The van der Waals surface area contributed by atoms with Crippen LogP contribution in [0, 0.1) is 0 Å². The van der Waals surface area contributed by atoms with Crippen molar-refractivity contribution in [1.82, 2.24) is 20.4 Å². The van der Waals surface area contributed by atoms with Crippen LogP contribution in [0.5, 0.6) is 0 Å². The van der Waals surface area contributed by atoms with Gasteiger partial charge in [-0.25, -0.2) is 10.1 Å². The van der Waals surface area contributed by atoms with Gasteiger partial charge in [0.05, 0.1) is 0 Å². The molecule has 0 saturated heterocycles. The van der Waals surface area contributed by atoms with Gasteiger partial charge in [0, 0.05) is 12.5 Å². The standard InChI is InChI=1S/C14H15N5O/c15-12-8-11(13-14(16-12)18-19-17-13)10(6-7-20)9-4-2-1-3-5-9/h1-5,8,10,20H,6-7H2,(H3,15,16,17,18,19). The van der Waals surface area contributed by atoms with E-state index in [1.807, 2.05) is 30.3 Å². The van der Waals surface area contributed by atoms with E-state index in [-0.39, 0.29) is 12.5 Å². The normalized spacial score (nSPS) is 12.7. The monoisotopic (exact) mass is 269 g/mol. The number of aromatic nitrogens is 4. The molecule has 3 aromatic rings. The van der Waals surface area contributed by atoms with Crippen LogP contribution in [0.15, 0.2) is 36.4 Å². The first-order chi connectivity index (χ1) is 9.79. The third kappa shape index (κ3) is 2.21. The Hall–Kier alpha value is -2.47. The van der Waals surface area contributed by atoms with Crippen molar-refractivity contribution in [3.8, 4) is 0 Å². The smallest absolute Gasteiger partial charge is 0.178 e. The lowest BCUT2D eigenvalue weighted by atomic mass is 9.88. The molecule has 20 heavy (non-hydrogen) atoms. The molecule has 0 radical (unpaired) electrons. The van der Waals surface area contributed by atoms with Gasteiger partial charge in [-0.3, -0.25) is 0 Å². The summed E-state index contributed by atoms with van der Waals surface area (Å²) in [5, 5.41) is 20.0. The molecule has 2 heterocycles. The van der Waals surface area contributed by atoms with Crippen molar-refractivity contribution < 1.29 is 5.11 Å². The molecule has 0 aliphatic carbocycles. The first-order valence-electron chi connectivity index (χ1n) is 6.42. The number of hydrogen-bond acceptors (Lipinski definition) is 5. The second-order valence-electron chi connectivity index (χ2n) is 4.62. The van der Waals surface area contributed by atoms with E-state index in [2.05, 4.69) is 20.4 Å². The van der Waals surface area contributed by atoms with Crippen LogP contribution in [-0.2, 0) is 0 Å².